The van der Waals surface area contributed by atoms with Gasteiger partial charge in [-0.05, 0) is 24.3 Å². The zero-order chi connectivity index (χ0) is 12.2. The van der Waals surface area contributed by atoms with Gasteiger partial charge in [0.05, 0.1) is 5.69 Å². The number of aromatic nitrogens is 2. The summed E-state index contributed by atoms with van der Waals surface area (Å²) in [6, 6.07) is 7.46. The minimum atomic E-state index is 0.628. The Morgan fingerprint density at radius 1 is 0.889 bits per heavy atom. The van der Waals surface area contributed by atoms with Crippen LogP contribution < -0.4 is 10.5 Å². The lowest BCUT2D eigenvalue weighted by Crippen LogP contribution is -2.37. The first-order valence-electron chi connectivity index (χ1n) is 5.41. The molecule has 2 aromatic heterocycles. The fourth-order valence-electron chi connectivity index (χ4n) is 1.54. The fraction of sp³-hybridized carbons (Fsp3) is 0. The van der Waals surface area contributed by atoms with Crippen LogP contribution in [0.1, 0.15) is 5.56 Å². The highest BCUT2D eigenvalue weighted by Gasteiger charge is 2.09. The summed E-state index contributed by atoms with van der Waals surface area (Å²) >= 11 is 0. The van der Waals surface area contributed by atoms with E-state index in [4.69, 9.17) is 0 Å². The van der Waals surface area contributed by atoms with Crippen LogP contribution in [0.3, 0.4) is 0 Å². The molecule has 6 heteroatoms. The molecule has 0 atom stereocenters. The van der Waals surface area contributed by atoms with Crippen molar-refractivity contribution in [2.45, 2.75) is 0 Å². The molecule has 1 aliphatic heterocycles. The number of pyridine rings is 2. The van der Waals surface area contributed by atoms with Crippen LogP contribution in [0.2, 0.25) is 0 Å². The Morgan fingerprint density at radius 3 is 2.17 bits per heavy atom. The molecule has 18 heavy (non-hydrogen) atoms. The Balaban J connectivity index is 1.79. The van der Waals surface area contributed by atoms with Crippen molar-refractivity contribution in [2.24, 2.45) is 10.1 Å². The highest BCUT2D eigenvalue weighted by Crippen LogP contribution is 2.10. The summed E-state index contributed by atoms with van der Waals surface area (Å²) in [4.78, 5) is 12.2. The third kappa shape index (κ3) is 2.03. The Hall–Kier alpha value is -2.76. The van der Waals surface area contributed by atoms with E-state index < -0.39 is 0 Å². The van der Waals surface area contributed by atoms with Gasteiger partial charge < -0.3 is 0 Å². The number of amidine groups is 1. The van der Waals surface area contributed by atoms with Gasteiger partial charge in [0.1, 0.15) is 6.34 Å². The highest BCUT2D eigenvalue weighted by molar-refractivity contribution is 6.05. The lowest BCUT2D eigenvalue weighted by molar-refractivity contribution is 0.774. The summed E-state index contributed by atoms with van der Waals surface area (Å²) in [6.45, 7) is 0. The van der Waals surface area contributed by atoms with E-state index in [1.165, 1.54) is 0 Å². The molecule has 3 heterocycles. The van der Waals surface area contributed by atoms with Crippen LogP contribution in [0, 0.1) is 0 Å². The van der Waals surface area contributed by atoms with E-state index in [0.717, 1.165) is 11.3 Å². The van der Waals surface area contributed by atoms with Crippen molar-refractivity contribution in [3.8, 4) is 0 Å². The third-order valence-electron chi connectivity index (χ3n) is 2.44. The molecule has 0 aromatic carbocycles. The van der Waals surface area contributed by atoms with Crippen LogP contribution in [-0.2, 0) is 0 Å². The van der Waals surface area contributed by atoms with E-state index in [1.54, 1.807) is 36.1 Å². The summed E-state index contributed by atoms with van der Waals surface area (Å²) in [5.74, 6) is 0.628. The molecule has 0 radical (unpaired) electrons. The summed E-state index contributed by atoms with van der Waals surface area (Å²) in [7, 11) is 0. The number of nitrogens with one attached hydrogen (secondary N) is 1. The smallest absolute Gasteiger partial charge is 0.182 e. The van der Waals surface area contributed by atoms with Gasteiger partial charge in [-0.25, -0.2) is 15.5 Å². The first-order chi connectivity index (χ1) is 8.93. The van der Waals surface area contributed by atoms with Crippen molar-refractivity contribution in [1.82, 2.24) is 15.5 Å². The van der Waals surface area contributed by atoms with Gasteiger partial charge in [-0.15, -0.1) is 5.10 Å². The number of rotatable bonds is 2. The van der Waals surface area contributed by atoms with Gasteiger partial charge in [-0.1, -0.05) is 0 Å². The van der Waals surface area contributed by atoms with Crippen LogP contribution in [0.5, 0.6) is 0 Å². The molecule has 0 bridgehead atoms. The Kier molecular flexibility index (Phi) is 2.67. The lowest BCUT2D eigenvalue weighted by atomic mass is 10.2. The van der Waals surface area contributed by atoms with E-state index in [0.29, 0.717) is 5.84 Å². The maximum Gasteiger partial charge on any atom is 0.182 e. The molecule has 0 spiro atoms. The number of anilines is 1. The number of hydrazone groups is 1. The molecular weight excluding hydrogens is 228 g/mol. The molecule has 2 aromatic rings. The zero-order valence-electron chi connectivity index (χ0n) is 9.43. The number of hydrazine groups is 1. The Morgan fingerprint density at radius 2 is 1.56 bits per heavy atom. The second kappa shape index (κ2) is 4.62. The minimum absolute atomic E-state index is 0.628. The van der Waals surface area contributed by atoms with Crippen molar-refractivity contribution in [3.63, 3.8) is 0 Å². The van der Waals surface area contributed by atoms with Crippen molar-refractivity contribution in [1.29, 1.82) is 0 Å². The SMILES string of the molecule is C1=NC(c2ccncc2)=NNN1c1ccncc1. The first kappa shape index (κ1) is 10.4. The summed E-state index contributed by atoms with van der Waals surface area (Å²) in [6.07, 6.45) is 8.53. The zero-order valence-corrected chi connectivity index (χ0v) is 9.43. The molecule has 0 amide bonds. The predicted octanol–water partition coefficient (Wildman–Crippen LogP) is 1.19. The van der Waals surface area contributed by atoms with Gasteiger partial charge in [0, 0.05) is 30.4 Å². The van der Waals surface area contributed by atoms with Crippen molar-refractivity contribution in [2.75, 3.05) is 5.01 Å². The van der Waals surface area contributed by atoms with Gasteiger partial charge >= 0.3 is 0 Å². The molecule has 3 rings (SSSR count). The first-order valence-corrected chi connectivity index (χ1v) is 5.41. The fourth-order valence-corrected chi connectivity index (χ4v) is 1.54. The topological polar surface area (TPSA) is 65.8 Å². The van der Waals surface area contributed by atoms with Gasteiger partial charge in [0.2, 0.25) is 0 Å². The highest BCUT2D eigenvalue weighted by atomic mass is 15.7. The molecule has 1 N–H and O–H groups in total. The maximum atomic E-state index is 4.30. The van der Waals surface area contributed by atoms with Crippen molar-refractivity contribution < 1.29 is 0 Å². The van der Waals surface area contributed by atoms with Gasteiger partial charge in [0.15, 0.2) is 5.84 Å². The molecule has 0 saturated carbocycles. The number of aliphatic imine (C=N–C) groups is 1. The quantitative estimate of drug-likeness (QED) is 0.853. The van der Waals surface area contributed by atoms with Crippen LogP contribution in [0.4, 0.5) is 5.69 Å². The maximum absolute atomic E-state index is 4.30. The molecule has 0 saturated heterocycles. The van der Waals surface area contributed by atoms with E-state index in [1.807, 2.05) is 24.3 Å². The molecular formula is C12H10N6. The van der Waals surface area contributed by atoms with Gasteiger partial charge in [-0.3, -0.25) is 9.97 Å². The third-order valence-corrected chi connectivity index (χ3v) is 2.44. The van der Waals surface area contributed by atoms with Crippen LogP contribution in [0.25, 0.3) is 0 Å². The molecule has 88 valence electrons. The Bertz CT molecular complexity index is 578. The van der Waals surface area contributed by atoms with Crippen LogP contribution >= 0.6 is 0 Å². The van der Waals surface area contributed by atoms with Gasteiger partial charge in [-0.2, -0.15) is 0 Å². The molecule has 6 nitrogen and oxygen atoms in total. The van der Waals surface area contributed by atoms with Crippen LogP contribution in [-0.4, -0.2) is 22.1 Å². The average molecular weight is 238 g/mol. The normalized spacial score (nSPS) is 14.0. The van der Waals surface area contributed by atoms with E-state index >= 15 is 0 Å². The monoisotopic (exact) mass is 238 g/mol. The van der Waals surface area contributed by atoms with E-state index in [-0.39, 0.29) is 0 Å². The molecule has 0 aliphatic carbocycles. The number of hydrogen-bond acceptors (Lipinski definition) is 6. The molecule has 0 unspecified atom stereocenters. The Labute approximate surface area is 104 Å². The second-order valence-corrected chi connectivity index (χ2v) is 3.59. The average Bonchev–Trinajstić information content (AvgIpc) is 2.49. The van der Waals surface area contributed by atoms with E-state index in [2.05, 4.69) is 25.6 Å². The summed E-state index contributed by atoms with van der Waals surface area (Å²) in [5.41, 5.74) is 4.75. The summed E-state index contributed by atoms with van der Waals surface area (Å²) < 4.78 is 0. The minimum Gasteiger partial charge on any atom is -0.265 e. The van der Waals surface area contributed by atoms with Crippen molar-refractivity contribution in [3.05, 3.63) is 54.6 Å². The summed E-state index contributed by atoms with van der Waals surface area (Å²) in [5, 5.41) is 5.92. The van der Waals surface area contributed by atoms with Crippen molar-refractivity contribution >= 4 is 17.9 Å². The number of nitrogens with zero attached hydrogens (tertiary/aromatic N) is 5. The van der Waals surface area contributed by atoms with E-state index in [9.17, 15) is 0 Å². The van der Waals surface area contributed by atoms with Gasteiger partial charge in [0.25, 0.3) is 0 Å². The predicted molar refractivity (Wildman–Crippen MR) is 69.1 cm³/mol. The van der Waals surface area contributed by atoms with Crippen LogP contribution in [0.15, 0.2) is 59.1 Å². The number of hydrogen-bond donors (Lipinski definition) is 1. The lowest BCUT2D eigenvalue weighted by Gasteiger charge is -2.21. The molecule has 0 fully saturated rings. The molecule has 1 aliphatic rings. The standard InChI is InChI=1S/C12H10N6/c1-5-13-6-2-10(1)12-15-9-18(17-16-12)11-3-7-14-8-4-11/h1-9,17H. The second-order valence-electron chi connectivity index (χ2n) is 3.59. The largest absolute Gasteiger partial charge is 0.265 e.